The maximum absolute atomic E-state index is 11.7. The van der Waals surface area contributed by atoms with E-state index in [9.17, 15) is 4.79 Å². The number of ether oxygens (including phenoxy) is 1. The minimum atomic E-state index is -0.251. The molecule has 0 aliphatic heterocycles. The van der Waals surface area contributed by atoms with Gasteiger partial charge < -0.3 is 4.74 Å². The number of hydrogen-bond donors (Lipinski definition) is 1. The van der Waals surface area contributed by atoms with Crippen LogP contribution in [-0.4, -0.2) is 18.2 Å². The Labute approximate surface area is 135 Å². The summed E-state index contributed by atoms with van der Waals surface area (Å²) in [5, 5.41) is 4.08. The molecule has 0 unspecified atom stereocenters. The molecule has 2 rings (SSSR count). The molecule has 1 aromatic carbocycles. The van der Waals surface area contributed by atoms with Crippen molar-refractivity contribution >= 4 is 43.5 Å². The molecular weight excluding hydrogens is 388 g/mol. The van der Waals surface area contributed by atoms with Gasteiger partial charge in [0.05, 0.1) is 4.47 Å². The highest BCUT2D eigenvalue weighted by molar-refractivity contribution is 9.11. The number of rotatable bonds is 5. The van der Waals surface area contributed by atoms with Crippen molar-refractivity contribution in [3.05, 3.63) is 26.6 Å². The van der Waals surface area contributed by atoms with E-state index in [1.54, 1.807) is 0 Å². The van der Waals surface area contributed by atoms with E-state index < -0.39 is 0 Å². The zero-order valence-corrected chi connectivity index (χ0v) is 14.5. The highest BCUT2D eigenvalue weighted by Crippen LogP contribution is 2.32. The third-order valence-electron chi connectivity index (χ3n) is 3.07. The summed E-state index contributed by atoms with van der Waals surface area (Å²) in [6, 6.07) is 3.82. The number of carbonyl (C=O) groups is 1. The van der Waals surface area contributed by atoms with Crippen molar-refractivity contribution < 1.29 is 9.53 Å². The topological polar surface area (TPSA) is 50.7 Å². The summed E-state index contributed by atoms with van der Waals surface area (Å²) in [6.07, 6.45) is 2.35. The van der Waals surface area contributed by atoms with Gasteiger partial charge in [-0.15, -0.1) is 0 Å². The average Bonchev–Trinajstić information content (AvgIpc) is 3.18. The SMILES string of the molecule is C/C(=N\NC(=O)COc1c(C)cc(Br)cc1Br)C1CC1. The van der Waals surface area contributed by atoms with Crippen LogP contribution in [0.4, 0.5) is 0 Å². The van der Waals surface area contributed by atoms with Gasteiger partial charge in [0.1, 0.15) is 5.75 Å². The molecule has 1 aliphatic rings. The Hall–Kier alpha value is -0.880. The highest BCUT2D eigenvalue weighted by atomic mass is 79.9. The van der Waals surface area contributed by atoms with Gasteiger partial charge in [-0.25, -0.2) is 5.43 Å². The van der Waals surface area contributed by atoms with Crippen LogP contribution in [0.25, 0.3) is 0 Å². The smallest absolute Gasteiger partial charge is 0.277 e. The van der Waals surface area contributed by atoms with Gasteiger partial charge in [-0.3, -0.25) is 4.79 Å². The summed E-state index contributed by atoms with van der Waals surface area (Å²) in [5.41, 5.74) is 4.46. The number of nitrogens with zero attached hydrogens (tertiary/aromatic N) is 1. The Kier molecular flexibility index (Phi) is 5.21. The quantitative estimate of drug-likeness (QED) is 0.600. The molecule has 1 fully saturated rings. The molecule has 0 spiro atoms. The van der Waals surface area contributed by atoms with Crippen molar-refractivity contribution in [3.8, 4) is 5.75 Å². The van der Waals surface area contributed by atoms with Crippen LogP contribution in [-0.2, 0) is 4.79 Å². The molecule has 1 saturated carbocycles. The standard InChI is InChI=1S/C14H16Br2N2O2/c1-8-5-11(15)6-12(16)14(8)20-7-13(19)18-17-9(2)10-3-4-10/h5-6,10H,3-4,7H2,1-2H3,(H,18,19)/b17-9+. The van der Waals surface area contributed by atoms with Gasteiger partial charge >= 0.3 is 0 Å². The molecule has 108 valence electrons. The Balaban J connectivity index is 1.88. The van der Waals surface area contributed by atoms with E-state index >= 15 is 0 Å². The monoisotopic (exact) mass is 402 g/mol. The molecule has 0 aromatic heterocycles. The lowest BCUT2D eigenvalue weighted by Gasteiger charge is -2.11. The largest absolute Gasteiger partial charge is 0.482 e. The van der Waals surface area contributed by atoms with Crippen molar-refractivity contribution in [2.75, 3.05) is 6.61 Å². The average molecular weight is 404 g/mol. The number of halogens is 2. The first kappa shape index (κ1) is 15.5. The van der Waals surface area contributed by atoms with Crippen LogP contribution in [0, 0.1) is 12.8 Å². The lowest BCUT2D eigenvalue weighted by atomic mass is 10.2. The number of nitrogens with one attached hydrogen (secondary N) is 1. The number of hydrazone groups is 1. The van der Waals surface area contributed by atoms with Crippen molar-refractivity contribution in [1.82, 2.24) is 5.43 Å². The molecule has 0 atom stereocenters. The first-order valence-electron chi connectivity index (χ1n) is 6.39. The van der Waals surface area contributed by atoms with E-state index in [2.05, 4.69) is 42.4 Å². The van der Waals surface area contributed by atoms with Gasteiger partial charge in [0, 0.05) is 10.2 Å². The molecule has 6 heteroatoms. The van der Waals surface area contributed by atoms with Crippen LogP contribution in [0.2, 0.25) is 0 Å². The molecule has 1 N–H and O–H groups in total. The van der Waals surface area contributed by atoms with Gasteiger partial charge in [0.15, 0.2) is 6.61 Å². The van der Waals surface area contributed by atoms with Crippen molar-refractivity contribution in [1.29, 1.82) is 0 Å². The van der Waals surface area contributed by atoms with Crippen LogP contribution >= 0.6 is 31.9 Å². The van der Waals surface area contributed by atoms with E-state index in [1.807, 2.05) is 26.0 Å². The maximum atomic E-state index is 11.7. The van der Waals surface area contributed by atoms with Crippen LogP contribution in [0.15, 0.2) is 26.2 Å². The minimum Gasteiger partial charge on any atom is -0.482 e. The summed E-state index contributed by atoms with van der Waals surface area (Å²) in [7, 11) is 0. The number of carbonyl (C=O) groups excluding carboxylic acids is 1. The van der Waals surface area contributed by atoms with E-state index in [0.29, 0.717) is 11.7 Å². The fourth-order valence-electron chi connectivity index (χ4n) is 1.78. The van der Waals surface area contributed by atoms with Crippen molar-refractivity contribution in [3.63, 3.8) is 0 Å². The third-order valence-corrected chi connectivity index (χ3v) is 4.11. The van der Waals surface area contributed by atoms with Gasteiger partial charge in [0.2, 0.25) is 0 Å². The number of benzene rings is 1. The summed E-state index contributed by atoms with van der Waals surface area (Å²) >= 11 is 6.83. The zero-order valence-electron chi connectivity index (χ0n) is 11.4. The predicted octanol–water partition coefficient (Wildman–Crippen LogP) is 3.80. The van der Waals surface area contributed by atoms with Crippen molar-refractivity contribution in [2.45, 2.75) is 26.7 Å². The van der Waals surface area contributed by atoms with E-state index in [-0.39, 0.29) is 12.5 Å². The second-order valence-corrected chi connectivity index (χ2v) is 6.65. The zero-order chi connectivity index (χ0) is 14.7. The van der Waals surface area contributed by atoms with Crippen LogP contribution in [0.1, 0.15) is 25.3 Å². The Morgan fingerprint density at radius 1 is 1.45 bits per heavy atom. The fourth-order valence-corrected chi connectivity index (χ4v) is 3.34. The summed E-state index contributed by atoms with van der Waals surface area (Å²) in [5.74, 6) is 0.976. The lowest BCUT2D eigenvalue weighted by molar-refractivity contribution is -0.123. The highest BCUT2D eigenvalue weighted by Gasteiger charge is 2.24. The molecule has 4 nitrogen and oxygen atoms in total. The molecule has 20 heavy (non-hydrogen) atoms. The first-order chi connectivity index (χ1) is 9.47. The third kappa shape index (κ3) is 4.31. The maximum Gasteiger partial charge on any atom is 0.277 e. The molecule has 0 radical (unpaired) electrons. The minimum absolute atomic E-state index is 0.0531. The molecule has 1 aromatic rings. The van der Waals surface area contributed by atoms with E-state index in [4.69, 9.17) is 4.74 Å². The Bertz CT molecular complexity index is 531. The molecule has 0 saturated heterocycles. The van der Waals surface area contributed by atoms with Crippen LogP contribution in [0.5, 0.6) is 5.75 Å². The summed E-state index contributed by atoms with van der Waals surface area (Å²) in [6.45, 7) is 3.81. The van der Waals surface area contributed by atoms with E-state index in [0.717, 1.165) is 20.2 Å². The van der Waals surface area contributed by atoms with Crippen LogP contribution < -0.4 is 10.2 Å². The second-order valence-electron chi connectivity index (χ2n) is 4.88. The predicted molar refractivity (Wildman–Crippen MR) is 86.0 cm³/mol. The Morgan fingerprint density at radius 2 is 2.15 bits per heavy atom. The number of amides is 1. The molecule has 0 heterocycles. The molecule has 0 bridgehead atoms. The molecule has 1 aliphatic carbocycles. The Morgan fingerprint density at radius 3 is 2.75 bits per heavy atom. The van der Waals surface area contributed by atoms with Gasteiger partial charge in [-0.05, 0) is 66.2 Å². The lowest BCUT2D eigenvalue weighted by Crippen LogP contribution is -2.26. The van der Waals surface area contributed by atoms with Gasteiger partial charge in [-0.2, -0.15) is 5.10 Å². The van der Waals surface area contributed by atoms with E-state index in [1.165, 1.54) is 12.8 Å². The molecule has 1 amide bonds. The normalized spacial score (nSPS) is 15.1. The van der Waals surface area contributed by atoms with Crippen molar-refractivity contribution in [2.24, 2.45) is 11.0 Å². The summed E-state index contributed by atoms with van der Waals surface area (Å²) < 4.78 is 7.32. The van der Waals surface area contributed by atoms with Gasteiger partial charge in [-0.1, -0.05) is 15.9 Å². The first-order valence-corrected chi connectivity index (χ1v) is 7.97. The summed E-state index contributed by atoms with van der Waals surface area (Å²) in [4.78, 5) is 11.7. The second kappa shape index (κ2) is 6.72. The number of hydrogen-bond acceptors (Lipinski definition) is 3. The number of aryl methyl sites for hydroxylation is 1. The van der Waals surface area contributed by atoms with Crippen LogP contribution in [0.3, 0.4) is 0 Å². The molecular formula is C14H16Br2N2O2. The fraction of sp³-hybridized carbons (Fsp3) is 0.429. The van der Waals surface area contributed by atoms with Gasteiger partial charge in [0.25, 0.3) is 5.91 Å².